The zero-order valence-corrected chi connectivity index (χ0v) is 13.0. The van der Waals surface area contributed by atoms with Crippen molar-refractivity contribution in [2.24, 2.45) is 0 Å². The minimum Gasteiger partial charge on any atom is -0.467 e. The van der Waals surface area contributed by atoms with Crippen molar-refractivity contribution in [3.63, 3.8) is 0 Å². The molecule has 9 nitrogen and oxygen atoms in total. The van der Waals surface area contributed by atoms with Gasteiger partial charge in [0.1, 0.15) is 18.1 Å². The molecule has 1 aromatic carbocycles. The van der Waals surface area contributed by atoms with E-state index in [1.807, 2.05) is 0 Å². The molecule has 0 unspecified atom stereocenters. The van der Waals surface area contributed by atoms with E-state index in [0.717, 1.165) is 0 Å². The summed E-state index contributed by atoms with van der Waals surface area (Å²) in [7, 11) is 0. The summed E-state index contributed by atoms with van der Waals surface area (Å²) in [4.78, 5) is 34.5. The molecule has 0 bridgehead atoms. The second-order valence-corrected chi connectivity index (χ2v) is 4.75. The van der Waals surface area contributed by atoms with Gasteiger partial charge in [0.2, 0.25) is 0 Å². The third-order valence-electron chi connectivity index (χ3n) is 2.83. The molecular formula is C15H16FN5O4. The SMILES string of the molecule is O=C(CNC(=O)NCc1ccco1)NNC(=O)Nc1ccc(F)cc1. The first-order valence-corrected chi connectivity index (χ1v) is 7.18. The molecule has 0 radical (unpaired) electrons. The Morgan fingerprint density at radius 3 is 2.40 bits per heavy atom. The molecule has 2 rings (SSSR count). The fraction of sp³-hybridized carbons (Fsp3) is 0.133. The number of hydrazine groups is 1. The molecule has 0 aliphatic heterocycles. The Kier molecular flexibility index (Phi) is 6.34. The Bertz CT molecular complexity index is 718. The lowest BCUT2D eigenvalue weighted by Gasteiger charge is -2.10. The smallest absolute Gasteiger partial charge is 0.337 e. The molecule has 5 amide bonds. The summed E-state index contributed by atoms with van der Waals surface area (Å²) >= 11 is 0. The van der Waals surface area contributed by atoms with Crippen LogP contribution in [-0.2, 0) is 11.3 Å². The van der Waals surface area contributed by atoms with Crippen LogP contribution in [0.4, 0.5) is 19.7 Å². The van der Waals surface area contributed by atoms with E-state index in [1.165, 1.54) is 30.5 Å². The van der Waals surface area contributed by atoms with Gasteiger partial charge in [-0.1, -0.05) is 0 Å². The molecule has 0 saturated heterocycles. The maximum absolute atomic E-state index is 12.7. The number of nitrogens with one attached hydrogen (secondary N) is 5. The molecule has 0 aliphatic rings. The van der Waals surface area contributed by atoms with Gasteiger partial charge in [0.15, 0.2) is 0 Å². The van der Waals surface area contributed by atoms with Crippen LogP contribution in [0.5, 0.6) is 0 Å². The molecule has 2 aromatic rings. The van der Waals surface area contributed by atoms with Crippen LogP contribution in [0.3, 0.4) is 0 Å². The number of carbonyl (C=O) groups is 3. The highest BCUT2D eigenvalue weighted by Crippen LogP contribution is 2.07. The molecule has 0 fully saturated rings. The number of urea groups is 2. The van der Waals surface area contributed by atoms with E-state index in [4.69, 9.17) is 4.42 Å². The highest BCUT2D eigenvalue weighted by Gasteiger charge is 2.07. The Balaban J connectivity index is 1.60. The van der Waals surface area contributed by atoms with Crippen LogP contribution in [0.15, 0.2) is 47.1 Å². The van der Waals surface area contributed by atoms with E-state index in [1.54, 1.807) is 12.1 Å². The Labute approximate surface area is 141 Å². The predicted molar refractivity (Wildman–Crippen MR) is 85.6 cm³/mol. The Hall–Kier alpha value is -3.56. The standard InChI is InChI=1S/C15H16FN5O4/c16-10-3-5-11(6-4-10)19-15(24)21-20-13(22)9-18-14(23)17-8-12-2-1-7-25-12/h1-7H,8-9H2,(H,20,22)(H2,17,18,23)(H2,19,21,24). The van der Waals surface area contributed by atoms with Gasteiger partial charge < -0.3 is 20.4 Å². The van der Waals surface area contributed by atoms with Crippen LogP contribution in [0.1, 0.15) is 5.76 Å². The molecule has 0 atom stereocenters. The fourth-order valence-electron chi connectivity index (χ4n) is 1.67. The monoisotopic (exact) mass is 349 g/mol. The third kappa shape index (κ3) is 6.60. The topological polar surface area (TPSA) is 124 Å². The van der Waals surface area contributed by atoms with Gasteiger partial charge in [0, 0.05) is 5.69 Å². The van der Waals surface area contributed by atoms with E-state index in [0.29, 0.717) is 11.4 Å². The summed E-state index contributed by atoms with van der Waals surface area (Å²) in [6.45, 7) is -0.167. The minimum absolute atomic E-state index is 0.179. The van der Waals surface area contributed by atoms with Crippen LogP contribution in [0.2, 0.25) is 0 Å². The lowest BCUT2D eigenvalue weighted by Crippen LogP contribution is -2.49. The molecule has 5 N–H and O–H groups in total. The Morgan fingerprint density at radius 1 is 0.960 bits per heavy atom. The van der Waals surface area contributed by atoms with Crippen LogP contribution >= 0.6 is 0 Å². The number of rotatable bonds is 5. The van der Waals surface area contributed by atoms with Crippen molar-refractivity contribution in [1.29, 1.82) is 0 Å². The van der Waals surface area contributed by atoms with Crippen LogP contribution < -0.4 is 26.8 Å². The molecule has 0 spiro atoms. The van der Waals surface area contributed by atoms with Gasteiger partial charge in [-0.15, -0.1) is 0 Å². The van der Waals surface area contributed by atoms with Crippen LogP contribution in [0, 0.1) is 5.82 Å². The van der Waals surface area contributed by atoms with Gasteiger partial charge in [0.05, 0.1) is 12.8 Å². The van der Waals surface area contributed by atoms with Gasteiger partial charge in [-0.25, -0.2) is 19.4 Å². The predicted octanol–water partition coefficient (Wildman–Crippen LogP) is 1.07. The van der Waals surface area contributed by atoms with Crippen molar-refractivity contribution in [1.82, 2.24) is 21.5 Å². The summed E-state index contributed by atoms with van der Waals surface area (Å²) in [6, 6.07) is 7.17. The second kappa shape index (κ2) is 8.91. The van der Waals surface area contributed by atoms with Crippen molar-refractivity contribution >= 4 is 23.7 Å². The van der Waals surface area contributed by atoms with Crippen LogP contribution in [-0.4, -0.2) is 24.5 Å². The van der Waals surface area contributed by atoms with Gasteiger partial charge in [-0.3, -0.25) is 10.2 Å². The fourth-order valence-corrected chi connectivity index (χ4v) is 1.67. The first kappa shape index (κ1) is 17.8. The molecule has 0 aliphatic carbocycles. The largest absolute Gasteiger partial charge is 0.467 e. The summed E-state index contributed by atoms with van der Waals surface area (Å²) in [6.07, 6.45) is 1.48. The number of halogens is 1. The van der Waals surface area contributed by atoms with Gasteiger partial charge in [-0.05, 0) is 36.4 Å². The average molecular weight is 349 g/mol. The quantitative estimate of drug-likeness (QED) is 0.518. The van der Waals surface area contributed by atoms with E-state index < -0.39 is 23.8 Å². The maximum Gasteiger partial charge on any atom is 0.337 e. The first-order chi connectivity index (χ1) is 12.0. The van der Waals surface area contributed by atoms with Crippen molar-refractivity contribution in [3.05, 3.63) is 54.2 Å². The highest BCUT2D eigenvalue weighted by atomic mass is 19.1. The van der Waals surface area contributed by atoms with E-state index in [9.17, 15) is 18.8 Å². The molecule has 1 heterocycles. The summed E-state index contributed by atoms with van der Waals surface area (Å²) < 4.78 is 17.8. The zero-order chi connectivity index (χ0) is 18.1. The zero-order valence-electron chi connectivity index (χ0n) is 13.0. The number of carbonyl (C=O) groups excluding carboxylic acids is 3. The van der Waals surface area contributed by atoms with Crippen molar-refractivity contribution in [3.8, 4) is 0 Å². The molecule has 1 aromatic heterocycles. The van der Waals surface area contributed by atoms with Gasteiger partial charge in [-0.2, -0.15) is 0 Å². The Morgan fingerprint density at radius 2 is 1.72 bits per heavy atom. The highest BCUT2D eigenvalue weighted by molar-refractivity contribution is 5.91. The summed E-state index contributed by atoms with van der Waals surface area (Å²) in [5.74, 6) is -0.503. The lowest BCUT2D eigenvalue weighted by atomic mass is 10.3. The van der Waals surface area contributed by atoms with Crippen molar-refractivity contribution in [2.75, 3.05) is 11.9 Å². The number of amides is 5. The summed E-state index contributed by atoms with van der Waals surface area (Å²) in [5.41, 5.74) is 4.55. The normalized spacial score (nSPS) is 9.80. The van der Waals surface area contributed by atoms with Crippen LogP contribution in [0.25, 0.3) is 0 Å². The molecular weight excluding hydrogens is 333 g/mol. The number of hydrogen-bond donors (Lipinski definition) is 5. The van der Waals surface area contributed by atoms with E-state index in [2.05, 4.69) is 26.8 Å². The lowest BCUT2D eigenvalue weighted by molar-refractivity contribution is -0.120. The van der Waals surface area contributed by atoms with Crippen molar-refractivity contribution < 1.29 is 23.2 Å². The number of benzene rings is 1. The average Bonchev–Trinajstić information content (AvgIpc) is 3.12. The molecule has 0 saturated carbocycles. The third-order valence-corrected chi connectivity index (χ3v) is 2.83. The maximum atomic E-state index is 12.7. The number of anilines is 1. The van der Waals surface area contributed by atoms with E-state index in [-0.39, 0.29) is 13.1 Å². The number of furan rings is 1. The minimum atomic E-state index is -0.720. The molecule has 132 valence electrons. The van der Waals surface area contributed by atoms with Gasteiger partial charge >= 0.3 is 12.1 Å². The first-order valence-electron chi connectivity index (χ1n) is 7.18. The van der Waals surface area contributed by atoms with Gasteiger partial charge in [0.25, 0.3) is 5.91 Å². The number of hydrogen-bond acceptors (Lipinski definition) is 4. The molecule has 10 heteroatoms. The van der Waals surface area contributed by atoms with Crippen molar-refractivity contribution in [2.45, 2.75) is 6.54 Å². The molecule has 25 heavy (non-hydrogen) atoms. The van der Waals surface area contributed by atoms with E-state index >= 15 is 0 Å². The second-order valence-electron chi connectivity index (χ2n) is 4.75. The summed E-state index contributed by atoms with van der Waals surface area (Å²) in [5, 5.41) is 7.18.